The minimum Gasteiger partial charge on any atom is -0.507 e. The third kappa shape index (κ3) is 3.57. The fourth-order valence-corrected chi connectivity index (χ4v) is 3.08. The summed E-state index contributed by atoms with van der Waals surface area (Å²) in [6.07, 6.45) is 1.17. The second kappa shape index (κ2) is 7.91. The van der Waals surface area contributed by atoms with Crippen molar-refractivity contribution in [3.8, 4) is 5.75 Å². The lowest BCUT2D eigenvalue weighted by Gasteiger charge is -2.23. The molecule has 1 fully saturated rings. The maximum absolute atomic E-state index is 12.7. The number of amides is 1. The van der Waals surface area contributed by atoms with Crippen LogP contribution in [0.4, 0.5) is 0 Å². The van der Waals surface area contributed by atoms with Gasteiger partial charge in [0.05, 0.1) is 24.8 Å². The molecular formula is C20H18N2O6. The van der Waals surface area contributed by atoms with Crippen molar-refractivity contribution in [2.75, 3.05) is 13.7 Å². The Balaban J connectivity index is 2.11. The van der Waals surface area contributed by atoms with Crippen LogP contribution >= 0.6 is 0 Å². The molecule has 3 rings (SSSR count). The Kier molecular flexibility index (Phi) is 5.39. The molecule has 2 heterocycles. The lowest BCUT2D eigenvalue weighted by atomic mass is 9.98. The zero-order chi connectivity index (χ0) is 20.3. The first-order valence-electron chi connectivity index (χ1n) is 8.49. The van der Waals surface area contributed by atoms with Crippen LogP contribution in [0.5, 0.6) is 5.75 Å². The van der Waals surface area contributed by atoms with E-state index in [-0.39, 0.29) is 24.3 Å². The van der Waals surface area contributed by atoms with Gasteiger partial charge in [-0.15, -0.1) is 0 Å². The molecule has 0 radical (unpaired) electrons. The highest BCUT2D eigenvalue weighted by molar-refractivity contribution is 6.46. The summed E-state index contributed by atoms with van der Waals surface area (Å²) in [5.74, 6) is -2.63. The number of methoxy groups -OCH3 is 1. The number of nitrogens with zero attached hydrogens (tertiary/aromatic N) is 2. The molecular weight excluding hydrogens is 364 g/mol. The smallest absolute Gasteiger partial charge is 0.305 e. The average molecular weight is 382 g/mol. The van der Waals surface area contributed by atoms with Crippen molar-refractivity contribution in [1.29, 1.82) is 0 Å². The van der Waals surface area contributed by atoms with Crippen LogP contribution in [0.3, 0.4) is 0 Å². The van der Waals surface area contributed by atoms with Crippen LogP contribution in [-0.4, -0.2) is 51.4 Å². The van der Waals surface area contributed by atoms with E-state index in [4.69, 9.17) is 9.84 Å². The molecule has 2 N–H and O–H groups in total. The SMILES string of the molecule is COc1ccc(/C(O)=C2/C(=O)C(=O)N(CCC(=O)O)C2c2ccccn2)cc1. The molecule has 28 heavy (non-hydrogen) atoms. The maximum Gasteiger partial charge on any atom is 0.305 e. The minimum atomic E-state index is -1.10. The highest BCUT2D eigenvalue weighted by atomic mass is 16.5. The number of carboxylic acids is 1. The maximum atomic E-state index is 12.7. The van der Waals surface area contributed by atoms with Crippen molar-refractivity contribution in [3.63, 3.8) is 0 Å². The molecule has 0 aliphatic carbocycles. The highest BCUT2D eigenvalue weighted by Gasteiger charge is 2.46. The zero-order valence-corrected chi connectivity index (χ0v) is 15.0. The summed E-state index contributed by atoms with van der Waals surface area (Å²) in [4.78, 5) is 41.5. The van der Waals surface area contributed by atoms with Gasteiger partial charge in [-0.1, -0.05) is 6.07 Å². The second-order valence-electron chi connectivity index (χ2n) is 6.12. The fraction of sp³-hybridized carbons (Fsp3) is 0.200. The second-order valence-corrected chi connectivity index (χ2v) is 6.12. The number of aliphatic carboxylic acids is 1. The predicted molar refractivity (Wildman–Crippen MR) is 98.5 cm³/mol. The number of ketones is 1. The Bertz CT molecular complexity index is 937. The van der Waals surface area contributed by atoms with Crippen molar-refractivity contribution in [2.45, 2.75) is 12.5 Å². The lowest BCUT2D eigenvalue weighted by Crippen LogP contribution is -2.32. The lowest BCUT2D eigenvalue weighted by molar-refractivity contribution is -0.142. The standard InChI is InChI=1S/C20H18N2O6/c1-28-13-7-5-12(6-8-13)18(25)16-17(14-4-2-3-10-21-14)22(11-9-15(23)24)20(27)19(16)26/h2-8,10,17,25H,9,11H2,1H3,(H,23,24)/b18-16-. The molecule has 0 bridgehead atoms. The number of ether oxygens (including phenoxy) is 1. The number of carbonyl (C=O) groups is 3. The first kappa shape index (κ1) is 19.1. The summed E-state index contributed by atoms with van der Waals surface area (Å²) >= 11 is 0. The molecule has 144 valence electrons. The first-order valence-corrected chi connectivity index (χ1v) is 8.49. The topological polar surface area (TPSA) is 117 Å². The molecule has 1 aliphatic heterocycles. The van der Waals surface area contributed by atoms with Crippen molar-refractivity contribution in [2.24, 2.45) is 0 Å². The van der Waals surface area contributed by atoms with Crippen LogP contribution in [0.15, 0.2) is 54.2 Å². The van der Waals surface area contributed by atoms with Crippen LogP contribution in [0, 0.1) is 0 Å². The van der Waals surface area contributed by atoms with Gasteiger partial charge >= 0.3 is 5.97 Å². The van der Waals surface area contributed by atoms with E-state index in [1.54, 1.807) is 42.5 Å². The summed E-state index contributed by atoms with van der Waals surface area (Å²) in [7, 11) is 1.50. The predicted octanol–water partition coefficient (Wildman–Crippen LogP) is 1.99. The van der Waals surface area contributed by atoms with Crippen LogP contribution in [0.2, 0.25) is 0 Å². The molecule has 2 aromatic rings. The van der Waals surface area contributed by atoms with E-state index in [9.17, 15) is 19.5 Å². The molecule has 1 aromatic carbocycles. The van der Waals surface area contributed by atoms with Crippen molar-refractivity contribution in [1.82, 2.24) is 9.88 Å². The third-order valence-electron chi connectivity index (χ3n) is 4.44. The van der Waals surface area contributed by atoms with Gasteiger partial charge in [0.2, 0.25) is 0 Å². The van der Waals surface area contributed by atoms with Gasteiger partial charge in [-0.3, -0.25) is 19.4 Å². The number of likely N-dealkylation sites (tertiary alicyclic amines) is 1. The number of pyridine rings is 1. The molecule has 1 atom stereocenters. The minimum absolute atomic E-state index is 0.126. The number of benzene rings is 1. The monoisotopic (exact) mass is 382 g/mol. The van der Waals surface area contributed by atoms with Crippen LogP contribution < -0.4 is 4.74 Å². The van der Waals surface area contributed by atoms with Crippen molar-refractivity contribution >= 4 is 23.4 Å². The number of aromatic nitrogens is 1. The summed E-state index contributed by atoms with van der Waals surface area (Å²) in [5, 5.41) is 19.8. The molecule has 0 spiro atoms. The van der Waals surface area contributed by atoms with Crippen LogP contribution in [0.25, 0.3) is 5.76 Å². The first-order chi connectivity index (χ1) is 13.4. The molecule has 8 nitrogen and oxygen atoms in total. The van der Waals surface area contributed by atoms with Gasteiger partial charge in [-0.25, -0.2) is 0 Å². The Hall–Kier alpha value is -3.68. The van der Waals surface area contributed by atoms with Gasteiger partial charge in [0, 0.05) is 18.3 Å². The Morgan fingerprint density at radius 3 is 2.43 bits per heavy atom. The van der Waals surface area contributed by atoms with E-state index in [2.05, 4.69) is 4.98 Å². The number of hydrogen-bond donors (Lipinski definition) is 2. The number of aliphatic hydroxyl groups is 1. The largest absolute Gasteiger partial charge is 0.507 e. The number of hydrogen-bond acceptors (Lipinski definition) is 6. The zero-order valence-electron chi connectivity index (χ0n) is 15.0. The quantitative estimate of drug-likeness (QED) is 0.446. The number of aliphatic hydroxyl groups excluding tert-OH is 1. The molecule has 8 heteroatoms. The van der Waals surface area contributed by atoms with E-state index in [1.807, 2.05) is 0 Å². The number of carboxylic acid groups (broad SMARTS) is 1. The fourth-order valence-electron chi connectivity index (χ4n) is 3.08. The average Bonchev–Trinajstić information content (AvgIpc) is 2.97. The highest BCUT2D eigenvalue weighted by Crippen LogP contribution is 2.38. The Morgan fingerprint density at radius 2 is 1.86 bits per heavy atom. The third-order valence-corrected chi connectivity index (χ3v) is 4.44. The van der Waals surface area contributed by atoms with E-state index in [1.165, 1.54) is 13.3 Å². The molecule has 1 unspecified atom stereocenters. The van der Waals surface area contributed by atoms with Gasteiger partial charge in [0.25, 0.3) is 11.7 Å². The molecule has 1 aromatic heterocycles. The number of Topliss-reactive ketones (excluding diaryl/α,β-unsaturated/α-hetero) is 1. The van der Waals surface area contributed by atoms with Crippen molar-refractivity contribution < 1.29 is 29.3 Å². The van der Waals surface area contributed by atoms with Crippen LogP contribution in [-0.2, 0) is 14.4 Å². The van der Waals surface area contributed by atoms with Crippen LogP contribution in [0.1, 0.15) is 23.7 Å². The summed E-state index contributed by atoms with van der Waals surface area (Å²) in [6, 6.07) is 10.4. The Labute approximate surface area is 160 Å². The van der Waals surface area contributed by atoms with Gasteiger partial charge in [0.15, 0.2) is 0 Å². The normalized spacial score (nSPS) is 18.3. The molecule has 1 aliphatic rings. The van der Waals surface area contributed by atoms with E-state index >= 15 is 0 Å². The van der Waals surface area contributed by atoms with Gasteiger partial charge in [-0.2, -0.15) is 0 Å². The Morgan fingerprint density at radius 1 is 1.14 bits per heavy atom. The summed E-state index contributed by atoms with van der Waals surface area (Å²) < 4.78 is 5.08. The van der Waals surface area contributed by atoms with Crippen molar-refractivity contribution in [3.05, 3.63) is 65.5 Å². The molecule has 1 amide bonds. The number of carbonyl (C=O) groups excluding carboxylic acids is 2. The van der Waals surface area contributed by atoms with Gasteiger partial charge in [0.1, 0.15) is 17.6 Å². The molecule has 1 saturated heterocycles. The summed E-state index contributed by atoms with van der Waals surface area (Å²) in [6.45, 7) is -0.180. The van der Waals surface area contributed by atoms with Gasteiger partial charge < -0.3 is 19.8 Å². The summed E-state index contributed by atoms with van der Waals surface area (Å²) in [5.41, 5.74) is 0.569. The molecule has 0 saturated carbocycles. The number of rotatable bonds is 6. The van der Waals surface area contributed by atoms with E-state index in [0.717, 1.165) is 4.90 Å². The van der Waals surface area contributed by atoms with E-state index in [0.29, 0.717) is 17.0 Å². The van der Waals surface area contributed by atoms with E-state index < -0.39 is 23.7 Å². The van der Waals surface area contributed by atoms with Gasteiger partial charge in [-0.05, 0) is 36.4 Å².